The third kappa shape index (κ3) is 3.80. The Bertz CT molecular complexity index is 459. The summed E-state index contributed by atoms with van der Waals surface area (Å²) in [5, 5.41) is 3.08. The van der Waals surface area contributed by atoms with E-state index in [9.17, 15) is 4.79 Å². The van der Waals surface area contributed by atoms with Gasteiger partial charge >= 0.3 is 0 Å². The molecule has 1 aromatic rings. The second-order valence-corrected chi connectivity index (χ2v) is 6.75. The molecule has 3 nitrogen and oxygen atoms in total. The van der Waals surface area contributed by atoms with Crippen molar-refractivity contribution in [2.24, 2.45) is 11.7 Å². The molecule has 3 N–H and O–H groups in total. The zero-order chi connectivity index (χ0) is 13.8. The van der Waals surface area contributed by atoms with E-state index in [0.29, 0.717) is 18.0 Å². The third-order valence-electron chi connectivity index (χ3n) is 3.71. The molecule has 104 valence electrons. The van der Waals surface area contributed by atoms with Gasteiger partial charge in [-0.1, -0.05) is 28.8 Å². The molecule has 0 saturated heterocycles. The smallest absolute Gasteiger partial charge is 0.252 e. The Morgan fingerprint density at radius 3 is 2.68 bits per heavy atom. The Kier molecular flexibility index (Phi) is 5.42. The highest BCUT2D eigenvalue weighted by molar-refractivity contribution is 9.11. The fraction of sp³-hybridized carbons (Fsp3) is 0.500. The van der Waals surface area contributed by atoms with Gasteiger partial charge in [-0.25, -0.2) is 0 Å². The van der Waals surface area contributed by atoms with Crippen LogP contribution < -0.4 is 11.1 Å². The van der Waals surface area contributed by atoms with E-state index in [0.717, 1.165) is 8.95 Å². The Labute approximate surface area is 130 Å². The van der Waals surface area contributed by atoms with E-state index in [1.54, 1.807) is 0 Å². The zero-order valence-corrected chi connectivity index (χ0v) is 13.8. The van der Waals surface area contributed by atoms with Gasteiger partial charge in [0.1, 0.15) is 0 Å². The van der Waals surface area contributed by atoms with E-state index in [4.69, 9.17) is 5.73 Å². The number of halogens is 2. The minimum Gasteiger partial charge on any atom is -0.348 e. The fourth-order valence-electron chi connectivity index (χ4n) is 2.65. The van der Waals surface area contributed by atoms with Gasteiger partial charge in [0.05, 0.1) is 5.56 Å². The van der Waals surface area contributed by atoms with Gasteiger partial charge < -0.3 is 11.1 Å². The molecule has 1 aliphatic rings. The molecule has 0 aromatic heterocycles. The van der Waals surface area contributed by atoms with Gasteiger partial charge in [0.25, 0.3) is 5.91 Å². The molecule has 0 heterocycles. The first-order chi connectivity index (χ1) is 9.11. The van der Waals surface area contributed by atoms with Crippen molar-refractivity contribution >= 4 is 37.8 Å². The largest absolute Gasteiger partial charge is 0.348 e. The number of nitrogens with one attached hydrogen (secondary N) is 1. The van der Waals surface area contributed by atoms with Crippen LogP contribution in [0, 0.1) is 5.92 Å². The Morgan fingerprint density at radius 2 is 2.05 bits per heavy atom. The van der Waals surface area contributed by atoms with Crippen molar-refractivity contribution in [3.8, 4) is 0 Å². The molecule has 1 amide bonds. The van der Waals surface area contributed by atoms with Crippen LogP contribution in [0.25, 0.3) is 0 Å². The van der Waals surface area contributed by atoms with E-state index in [1.165, 1.54) is 25.7 Å². The molecule has 5 heteroatoms. The summed E-state index contributed by atoms with van der Waals surface area (Å²) in [7, 11) is 0. The maximum absolute atomic E-state index is 12.3. The van der Waals surface area contributed by atoms with Crippen molar-refractivity contribution in [1.82, 2.24) is 5.32 Å². The molecule has 2 rings (SSSR count). The normalized spacial score (nSPS) is 17.4. The van der Waals surface area contributed by atoms with Crippen LogP contribution in [-0.2, 0) is 0 Å². The SMILES string of the molecule is NCC(NC(=O)c1cc(Br)ccc1Br)C1CCCC1. The highest BCUT2D eigenvalue weighted by Crippen LogP contribution is 2.28. The summed E-state index contributed by atoms with van der Waals surface area (Å²) in [5.74, 6) is 0.468. The monoisotopic (exact) mass is 388 g/mol. The van der Waals surface area contributed by atoms with Crippen LogP contribution >= 0.6 is 31.9 Å². The molecule has 0 spiro atoms. The number of hydrogen-bond donors (Lipinski definition) is 2. The minimum atomic E-state index is -0.0597. The lowest BCUT2D eigenvalue weighted by Crippen LogP contribution is -2.44. The van der Waals surface area contributed by atoms with Crippen molar-refractivity contribution in [1.29, 1.82) is 0 Å². The van der Waals surface area contributed by atoms with Gasteiger partial charge in [0.2, 0.25) is 0 Å². The second kappa shape index (κ2) is 6.86. The van der Waals surface area contributed by atoms with Crippen molar-refractivity contribution in [3.63, 3.8) is 0 Å². The van der Waals surface area contributed by atoms with E-state index in [-0.39, 0.29) is 11.9 Å². The van der Waals surface area contributed by atoms with Gasteiger partial charge in [-0.3, -0.25) is 4.79 Å². The second-order valence-electron chi connectivity index (χ2n) is 4.98. The number of carbonyl (C=O) groups excluding carboxylic acids is 1. The molecular weight excluding hydrogens is 372 g/mol. The molecule has 0 aliphatic heterocycles. The maximum Gasteiger partial charge on any atom is 0.252 e. The van der Waals surface area contributed by atoms with Crippen molar-refractivity contribution in [2.45, 2.75) is 31.7 Å². The summed E-state index contributed by atoms with van der Waals surface area (Å²) < 4.78 is 1.70. The molecule has 1 aromatic carbocycles. The van der Waals surface area contributed by atoms with Crippen LogP contribution in [0.5, 0.6) is 0 Å². The van der Waals surface area contributed by atoms with Gasteiger partial charge in [0.15, 0.2) is 0 Å². The lowest BCUT2D eigenvalue weighted by atomic mass is 9.98. The summed E-state index contributed by atoms with van der Waals surface area (Å²) in [6.07, 6.45) is 4.83. The van der Waals surface area contributed by atoms with Gasteiger partial charge in [-0.15, -0.1) is 0 Å². The predicted octanol–water partition coefficient (Wildman–Crippen LogP) is 3.46. The molecule has 1 atom stereocenters. The Balaban J connectivity index is 2.08. The minimum absolute atomic E-state index is 0.0597. The third-order valence-corrected chi connectivity index (χ3v) is 4.90. The van der Waals surface area contributed by atoms with Crippen molar-refractivity contribution < 1.29 is 4.79 Å². The topological polar surface area (TPSA) is 55.1 Å². The maximum atomic E-state index is 12.3. The summed E-state index contributed by atoms with van der Waals surface area (Å²) in [6.45, 7) is 0.502. The van der Waals surface area contributed by atoms with Crippen LogP contribution in [0.2, 0.25) is 0 Å². The molecule has 1 unspecified atom stereocenters. The lowest BCUT2D eigenvalue weighted by Gasteiger charge is -2.23. The first-order valence-electron chi connectivity index (χ1n) is 6.58. The number of carbonyl (C=O) groups is 1. The number of rotatable bonds is 4. The van der Waals surface area contributed by atoms with E-state index in [1.807, 2.05) is 18.2 Å². The van der Waals surface area contributed by atoms with Gasteiger partial charge in [-0.2, -0.15) is 0 Å². The summed E-state index contributed by atoms with van der Waals surface area (Å²) in [5.41, 5.74) is 6.46. The van der Waals surface area contributed by atoms with Crippen molar-refractivity contribution in [2.75, 3.05) is 6.54 Å². The van der Waals surface area contributed by atoms with E-state index >= 15 is 0 Å². The fourth-order valence-corrected chi connectivity index (χ4v) is 3.43. The van der Waals surface area contributed by atoms with Crippen LogP contribution in [0.3, 0.4) is 0 Å². The Morgan fingerprint density at radius 1 is 1.37 bits per heavy atom. The lowest BCUT2D eigenvalue weighted by molar-refractivity contribution is 0.0923. The zero-order valence-electron chi connectivity index (χ0n) is 10.7. The number of benzene rings is 1. The van der Waals surface area contributed by atoms with Crippen LogP contribution in [-0.4, -0.2) is 18.5 Å². The molecule has 1 saturated carbocycles. The molecule has 1 fully saturated rings. The molecule has 0 bridgehead atoms. The molecule has 0 radical (unpaired) electrons. The average molecular weight is 390 g/mol. The Hall–Kier alpha value is -0.390. The summed E-state index contributed by atoms with van der Waals surface area (Å²) in [6, 6.07) is 5.67. The average Bonchev–Trinajstić information content (AvgIpc) is 2.92. The molecular formula is C14H18Br2N2O. The van der Waals surface area contributed by atoms with Gasteiger partial charge in [-0.05, 0) is 52.9 Å². The predicted molar refractivity (Wildman–Crippen MR) is 84.1 cm³/mol. The molecule has 1 aliphatic carbocycles. The standard InChI is InChI=1S/C14H18Br2N2O/c15-10-5-6-12(16)11(7-10)14(19)18-13(8-17)9-3-1-2-4-9/h5-7,9,13H,1-4,8,17H2,(H,18,19). The quantitative estimate of drug-likeness (QED) is 0.828. The van der Waals surface area contributed by atoms with E-state index in [2.05, 4.69) is 37.2 Å². The highest BCUT2D eigenvalue weighted by Gasteiger charge is 2.26. The van der Waals surface area contributed by atoms with Crippen LogP contribution in [0.15, 0.2) is 27.1 Å². The number of nitrogens with two attached hydrogens (primary N) is 1. The number of hydrogen-bond acceptors (Lipinski definition) is 2. The highest BCUT2D eigenvalue weighted by atomic mass is 79.9. The molecule has 19 heavy (non-hydrogen) atoms. The van der Waals surface area contributed by atoms with Crippen LogP contribution in [0.4, 0.5) is 0 Å². The van der Waals surface area contributed by atoms with Gasteiger partial charge in [0, 0.05) is 21.5 Å². The summed E-state index contributed by atoms with van der Waals surface area (Å²) in [4.78, 5) is 12.3. The van der Waals surface area contributed by atoms with Crippen molar-refractivity contribution in [3.05, 3.63) is 32.7 Å². The van der Waals surface area contributed by atoms with Crippen LogP contribution in [0.1, 0.15) is 36.0 Å². The van der Waals surface area contributed by atoms with E-state index < -0.39 is 0 Å². The first-order valence-corrected chi connectivity index (χ1v) is 8.16. The number of amides is 1. The first kappa shape index (κ1) is 15.0. The summed E-state index contributed by atoms with van der Waals surface area (Å²) >= 11 is 6.80.